The molecule has 7 heterocycles. The van der Waals surface area contributed by atoms with Crippen molar-refractivity contribution in [3.05, 3.63) is 76.5 Å². The normalized spacial score (nSPS) is 21.9. The van der Waals surface area contributed by atoms with E-state index in [0.717, 1.165) is 58.9 Å². The number of fused-ring (bicyclic) bond motifs is 2. The molecule has 2 aliphatic heterocycles. The molecule has 1 saturated heterocycles. The predicted molar refractivity (Wildman–Crippen MR) is 170 cm³/mol. The van der Waals surface area contributed by atoms with Gasteiger partial charge in [-0.1, -0.05) is 0 Å². The lowest BCUT2D eigenvalue weighted by atomic mass is 10.2. The summed E-state index contributed by atoms with van der Waals surface area (Å²) in [5.41, 5.74) is 14.3. The van der Waals surface area contributed by atoms with E-state index in [4.69, 9.17) is 20.4 Å². The Labute approximate surface area is 264 Å². The van der Waals surface area contributed by atoms with Gasteiger partial charge in [-0.15, -0.1) is 0 Å². The van der Waals surface area contributed by atoms with Crippen molar-refractivity contribution in [2.24, 2.45) is 18.7 Å². The monoisotopic (exact) mass is 617 g/mol. The number of rotatable bonds is 8. The zero-order valence-corrected chi connectivity index (χ0v) is 26.2. The van der Waals surface area contributed by atoms with Gasteiger partial charge in [-0.05, 0) is 81.4 Å². The third kappa shape index (κ3) is 3.85. The summed E-state index contributed by atoms with van der Waals surface area (Å²) in [4.78, 5) is 38.7. The van der Waals surface area contributed by atoms with Gasteiger partial charge in [0.2, 0.25) is 0 Å². The second-order valence-electron chi connectivity index (χ2n) is 13.4. The summed E-state index contributed by atoms with van der Waals surface area (Å²) in [6, 6.07) is 11.4. The number of nitrogens with one attached hydrogen (secondary N) is 1. The molecule has 2 saturated carbocycles. The van der Waals surface area contributed by atoms with Crippen LogP contribution in [0.4, 0.5) is 0 Å². The Morgan fingerprint density at radius 2 is 2.00 bits per heavy atom. The summed E-state index contributed by atoms with van der Waals surface area (Å²) in [6.45, 7) is 4.79. The van der Waals surface area contributed by atoms with Gasteiger partial charge in [-0.3, -0.25) is 18.7 Å². The lowest BCUT2D eigenvalue weighted by Gasteiger charge is -2.20. The highest BCUT2D eigenvalue weighted by molar-refractivity contribution is 6.00. The summed E-state index contributed by atoms with van der Waals surface area (Å²) in [5, 5.41) is 8.25. The Bertz CT molecular complexity index is 2180. The van der Waals surface area contributed by atoms with Gasteiger partial charge in [0.05, 0.1) is 35.8 Å². The minimum Gasteiger partial charge on any atom is -0.482 e. The Morgan fingerprint density at radius 3 is 2.65 bits per heavy atom. The van der Waals surface area contributed by atoms with Crippen LogP contribution in [0.15, 0.2) is 53.9 Å². The highest BCUT2D eigenvalue weighted by atomic mass is 16.5. The van der Waals surface area contributed by atoms with Crippen LogP contribution >= 0.6 is 0 Å². The molecule has 3 aliphatic carbocycles. The maximum atomic E-state index is 13.8. The summed E-state index contributed by atoms with van der Waals surface area (Å²) in [7, 11) is 3.40. The first kappa shape index (κ1) is 27.3. The second kappa shape index (κ2) is 9.29. The largest absolute Gasteiger partial charge is 0.482 e. The Kier molecular flexibility index (Phi) is 5.52. The number of hydrogen-bond acceptors (Lipinski definition) is 7. The van der Waals surface area contributed by atoms with E-state index < -0.39 is 0 Å². The van der Waals surface area contributed by atoms with Crippen molar-refractivity contribution >= 4 is 28.5 Å². The molecule has 0 unspecified atom stereocenters. The molecule has 10 rings (SSSR count). The van der Waals surface area contributed by atoms with Crippen LogP contribution in [0.3, 0.4) is 0 Å². The van der Waals surface area contributed by atoms with E-state index in [9.17, 15) is 9.59 Å². The van der Waals surface area contributed by atoms with E-state index in [-0.39, 0.29) is 29.4 Å². The molecular formula is C34H35N9O3. The van der Waals surface area contributed by atoms with Crippen molar-refractivity contribution < 1.29 is 14.3 Å². The average Bonchev–Trinajstić information content (AvgIpc) is 3.45. The Hall–Kier alpha value is -4.97. The Morgan fingerprint density at radius 1 is 1.17 bits per heavy atom. The third-order valence-electron chi connectivity index (χ3n) is 10.3. The topological polar surface area (TPSA) is 138 Å². The Balaban J connectivity index is 1.10. The zero-order chi connectivity index (χ0) is 31.6. The van der Waals surface area contributed by atoms with Crippen LogP contribution in [0.2, 0.25) is 0 Å². The van der Waals surface area contributed by atoms with Crippen LogP contribution in [-0.2, 0) is 13.6 Å². The first-order chi connectivity index (χ1) is 22.1. The quantitative estimate of drug-likeness (QED) is 0.270. The van der Waals surface area contributed by atoms with Crippen LogP contribution in [0, 0.1) is 12.8 Å². The predicted octanol–water partition coefficient (Wildman–Crippen LogP) is 3.89. The number of amides is 2. The molecule has 0 spiro atoms. The van der Waals surface area contributed by atoms with E-state index in [1.54, 1.807) is 31.1 Å². The van der Waals surface area contributed by atoms with Crippen LogP contribution in [0.25, 0.3) is 28.1 Å². The van der Waals surface area contributed by atoms with Gasteiger partial charge in [0.1, 0.15) is 22.7 Å². The molecule has 12 nitrogen and oxygen atoms in total. The molecule has 0 aromatic carbocycles. The molecule has 4 bridgehead atoms. The van der Waals surface area contributed by atoms with Gasteiger partial charge in [0.15, 0.2) is 5.88 Å². The first-order valence-corrected chi connectivity index (χ1v) is 15.9. The lowest BCUT2D eigenvalue weighted by molar-refractivity contribution is 0.0791. The second-order valence-corrected chi connectivity index (χ2v) is 13.4. The van der Waals surface area contributed by atoms with Crippen molar-refractivity contribution in [3.8, 4) is 17.3 Å². The summed E-state index contributed by atoms with van der Waals surface area (Å²) < 4.78 is 11.7. The molecule has 3 fully saturated rings. The molecule has 12 heteroatoms. The number of nitrogens with zero attached hydrogens (tertiary/aromatic N) is 7. The van der Waals surface area contributed by atoms with Crippen molar-refractivity contribution in [3.63, 3.8) is 0 Å². The van der Waals surface area contributed by atoms with E-state index in [1.165, 1.54) is 18.4 Å². The molecule has 5 aromatic rings. The summed E-state index contributed by atoms with van der Waals surface area (Å²) >= 11 is 0. The smallest absolute Gasteiger partial charge is 0.272 e. The van der Waals surface area contributed by atoms with Crippen LogP contribution in [-0.4, -0.2) is 64.1 Å². The number of nitrogens with two attached hydrogens (primary N) is 1. The van der Waals surface area contributed by atoms with Crippen molar-refractivity contribution in [2.75, 3.05) is 7.11 Å². The summed E-state index contributed by atoms with van der Waals surface area (Å²) in [6.07, 6.45) is 5.82. The molecule has 3 atom stereocenters. The maximum absolute atomic E-state index is 13.8. The van der Waals surface area contributed by atoms with Gasteiger partial charge in [0, 0.05) is 48.5 Å². The van der Waals surface area contributed by atoms with E-state index in [1.807, 2.05) is 41.3 Å². The third-order valence-corrected chi connectivity index (χ3v) is 10.3. The van der Waals surface area contributed by atoms with Crippen molar-refractivity contribution in [1.29, 1.82) is 0 Å². The van der Waals surface area contributed by atoms with Crippen molar-refractivity contribution in [2.45, 2.75) is 63.7 Å². The van der Waals surface area contributed by atoms with Gasteiger partial charge < -0.3 is 25.3 Å². The number of aryl methyl sites for hydroxylation is 2. The molecule has 3 N–H and O–H groups in total. The number of hydrogen-bond donors (Lipinski definition) is 2. The number of imidazole rings is 1. The molecule has 46 heavy (non-hydrogen) atoms. The standard InChI is InChI=1S/C34H35N9O3/c1-17(36-32(44)25-9-10-40(3)39-25)24-8-7-20-11-26(41(31(20)37-24)16-19-5-6-19)29-18(2)42-27(38-29)12-21(13-28(42)46-4)33(45)43-22-14-23-30(43)34(23,35)15-22/h7-13,17,19,22H,5-6,14-16,35H2,1-4H3,(H,36,44)/t17-,22+,34-/m1/s1. The van der Waals surface area contributed by atoms with E-state index >= 15 is 0 Å². The van der Waals surface area contributed by atoms with E-state index in [2.05, 4.69) is 27.1 Å². The number of piperidine rings is 1. The fraction of sp³-hybridized carbons (Fsp3) is 0.382. The SMILES string of the molecule is COc1cc(C(=O)N2C3=C4C[C@H]2C[C@@]43N)cc2nc(-c3cc4ccc([C@@H](C)NC(=O)c5ccn(C)n5)nc4n3CC3CC3)c(C)n12. The number of carbonyl (C=O) groups excluding carboxylic acids is 2. The van der Waals surface area contributed by atoms with Gasteiger partial charge in [-0.25, -0.2) is 9.97 Å². The minimum absolute atomic E-state index is 0.0494. The zero-order valence-electron chi connectivity index (χ0n) is 26.2. The molecule has 5 aliphatic rings. The van der Waals surface area contributed by atoms with Gasteiger partial charge >= 0.3 is 0 Å². The maximum Gasteiger partial charge on any atom is 0.272 e. The van der Waals surface area contributed by atoms with Crippen molar-refractivity contribution in [1.82, 2.24) is 38.9 Å². The van der Waals surface area contributed by atoms with Crippen LogP contribution in [0.5, 0.6) is 5.88 Å². The highest BCUT2D eigenvalue weighted by Gasteiger charge is 2.68. The number of carbonyl (C=O) groups is 2. The van der Waals surface area contributed by atoms with Crippen LogP contribution < -0.4 is 15.8 Å². The molecule has 5 aromatic heterocycles. The number of methoxy groups -OCH3 is 1. The summed E-state index contributed by atoms with van der Waals surface area (Å²) in [5.74, 6) is 0.844. The molecule has 2 amide bonds. The fourth-order valence-corrected chi connectivity index (χ4v) is 7.68. The molecular weight excluding hydrogens is 582 g/mol. The number of aromatic nitrogens is 6. The van der Waals surface area contributed by atoms with E-state index in [0.29, 0.717) is 28.7 Å². The lowest BCUT2D eigenvalue weighted by Crippen LogP contribution is -2.32. The van der Waals surface area contributed by atoms with Gasteiger partial charge in [0.25, 0.3) is 11.8 Å². The molecule has 234 valence electrons. The van der Waals surface area contributed by atoms with Crippen LogP contribution in [0.1, 0.15) is 70.9 Å². The average molecular weight is 618 g/mol. The first-order valence-electron chi connectivity index (χ1n) is 15.9. The molecule has 0 radical (unpaired) electrons. The fourth-order valence-electron chi connectivity index (χ4n) is 7.68. The highest BCUT2D eigenvalue weighted by Crippen LogP contribution is 2.64. The minimum atomic E-state index is -0.350. The van der Waals surface area contributed by atoms with Gasteiger partial charge in [-0.2, -0.15) is 5.10 Å². The number of ether oxygens (including phenoxy) is 1. The number of pyridine rings is 2.